The van der Waals surface area contributed by atoms with Gasteiger partial charge in [-0.3, -0.25) is 4.79 Å². The second-order valence-corrected chi connectivity index (χ2v) is 5.88. The summed E-state index contributed by atoms with van der Waals surface area (Å²) in [6, 6.07) is 7.41. The number of nitrogens with one attached hydrogen (secondary N) is 1. The molecule has 2 aromatic carbocycles. The molecule has 138 valence electrons. The smallest absolute Gasteiger partial charge is 0.417 e. The number of ether oxygens (including phenoxy) is 1. The van der Waals surface area contributed by atoms with Crippen LogP contribution in [0.4, 0.5) is 13.2 Å². The lowest BCUT2D eigenvalue weighted by molar-refractivity contribution is -0.137. The minimum atomic E-state index is -4.65. The molecule has 0 bridgehead atoms. The van der Waals surface area contributed by atoms with Gasteiger partial charge in [0, 0.05) is 0 Å². The standard InChI is InChI=1S/C17H14BrF3N2O3/c1-2-26-14-8-10(7-13(18)15(14)24)9-22-23-16(25)11-5-3-4-6-12(11)17(19,20)21/h3-9,24H,2H2,1H3,(H,23,25)/b22-9+. The summed E-state index contributed by atoms with van der Waals surface area (Å²) in [5.41, 5.74) is 0.947. The minimum Gasteiger partial charge on any atom is -0.503 e. The Morgan fingerprint density at radius 1 is 1.35 bits per heavy atom. The molecule has 0 heterocycles. The molecule has 1 amide bonds. The molecule has 0 aliphatic carbocycles. The number of hydrogen-bond acceptors (Lipinski definition) is 4. The summed E-state index contributed by atoms with van der Waals surface area (Å²) in [5.74, 6) is -0.874. The number of hydrogen-bond donors (Lipinski definition) is 2. The zero-order valence-electron chi connectivity index (χ0n) is 13.5. The molecule has 2 N–H and O–H groups in total. The van der Waals surface area contributed by atoms with Crippen molar-refractivity contribution in [2.45, 2.75) is 13.1 Å². The van der Waals surface area contributed by atoms with Gasteiger partial charge in [-0.05, 0) is 52.7 Å². The van der Waals surface area contributed by atoms with Crippen LogP contribution in [0.3, 0.4) is 0 Å². The first-order valence-electron chi connectivity index (χ1n) is 7.39. The fourth-order valence-electron chi connectivity index (χ4n) is 2.09. The molecule has 0 aromatic heterocycles. The number of amides is 1. The number of aromatic hydroxyl groups is 1. The molecule has 0 radical (unpaired) electrons. The van der Waals surface area contributed by atoms with Crippen molar-refractivity contribution < 1.29 is 27.8 Å². The van der Waals surface area contributed by atoms with E-state index in [2.05, 4.69) is 26.5 Å². The number of carbonyl (C=O) groups is 1. The zero-order chi connectivity index (χ0) is 19.3. The molecule has 0 aliphatic heterocycles. The monoisotopic (exact) mass is 430 g/mol. The predicted octanol–water partition coefficient (Wildman–Crippen LogP) is 4.34. The van der Waals surface area contributed by atoms with E-state index in [4.69, 9.17) is 4.74 Å². The van der Waals surface area contributed by atoms with Crippen LogP contribution in [0.25, 0.3) is 0 Å². The van der Waals surface area contributed by atoms with Crippen LogP contribution in [0.2, 0.25) is 0 Å². The van der Waals surface area contributed by atoms with Crippen LogP contribution in [-0.2, 0) is 6.18 Å². The maximum Gasteiger partial charge on any atom is 0.417 e. The molecule has 0 unspecified atom stereocenters. The van der Waals surface area contributed by atoms with Gasteiger partial charge in [0.15, 0.2) is 11.5 Å². The number of rotatable bonds is 5. The predicted molar refractivity (Wildman–Crippen MR) is 93.5 cm³/mol. The number of alkyl halides is 3. The SMILES string of the molecule is CCOc1cc(/C=N/NC(=O)c2ccccc2C(F)(F)F)cc(Br)c1O. The minimum absolute atomic E-state index is 0.0906. The summed E-state index contributed by atoms with van der Waals surface area (Å²) in [5, 5.41) is 13.5. The number of benzene rings is 2. The lowest BCUT2D eigenvalue weighted by Gasteiger charge is -2.11. The Hall–Kier alpha value is -2.55. The molecule has 2 rings (SSSR count). The fourth-order valence-corrected chi connectivity index (χ4v) is 2.55. The summed E-state index contributed by atoms with van der Waals surface area (Å²) in [7, 11) is 0. The Kier molecular flexibility index (Phi) is 6.25. The third-order valence-electron chi connectivity index (χ3n) is 3.21. The molecule has 2 aromatic rings. The Morgan fingerprint density at radius 3 is 2.69 bits per heavy atom. The van der Waals surface area contributed by atoms with E-state index >= 15 is 0 Å². The van der Waals surface area contributed by atoms with E-state index in [0.29, 0.717) is 16.6 Å². The molecular weight excluding hydrogens is 417 g/mol. The molecule has 5 nitrogen and oxygen atoms in total. The lowest BCUT2D eigenvalue weighted by Crippen LogP contribution is -2.22. The number of nitrogens with zero attached hydrogens (tertiary/aromatic N) is 1. The van der Waals surface area contributed by atoms with Gasteiger partial charge in [0.05, 0.1) is 28.4 Å². The molecule has 0 fully saturated rings. The Balaban J connectivity index is 2.18. The third-order valence-corrected chi connectivity index (χ3v) is 3.81. The summed E-state index contributed by atoms with van der Waals surface area (Å²) in [6.07, 6.45) is -3.42. The van der Waals surface area contributed by atoms with Crippen molar-refractivity contribution in [1.82, 2.24) is 5.43 Å². The first-order chi connectivity index (χ1) is 12.2. The maximum atomic E-state index is 12.9. The number of halogens is 4. The van der Waals surface area contributed by atoms with Crippen molar-refractivity contribution in [2.75, 3.05) is 6.61 Å². The highest BCUT2D eigenvalue weighted by Crippen LogP contribution is 2.35. The van der Waals surface area contributed by atoms with E-state index in [1.54, 1.807) is 6.92 Å². The second kappa shape index (κ2) is 8.22. The van der Waals surface area contributed by atoms with Gasteiger partial charge < -0.3 is 9.84 Å². The van der Waals surface area contributed by atoms with Crippen LogP contribution in [0.5, 0.6) is 11.5 Å². The molecule has 0 atom stereocenters. The number of carbonyl (C=O) groups excluding carboxylic acids is 1. The number of phenols is 1. The average molecular weight is 431 g/mol. The van der Waals surface area contributed by atoms with Crippen molar-refractivity contribution in [3.05, 3.63) is 57.6 Å². The molecule has 0 aliphatic rings. The normalized spacial score (nSPS) is 11.6. The van der Waals surface area contributed by atoms with E-state index in [0.717, 1.165) is 12.1 Å². The van der Waals surface area contributed by atoms with Crippen molar-refractivity contribution >= 4 is 28.1 Å². The lowest BCUT2D eigenvalue weighted by atomic mass is 10.1. The van der Waals surface area contributed by atoms with Gasteiger partial charge in [-0.1, -0.05) is 12.1 Å². The van der Waals surface area contributed by atoms with Gasteiger partial charge in [-0.2, -0.15) is 18.3 Å². The van der Waals surface area contributed by atoms with Crippen LogP contribution < -0.4 is 10.2 Å². The second-order valence-electron chi connectivity index (χ2n) is 5.02. The van der Waals surface area contributed by atoms with Crippen molar-refractivity contribution in [2.24, 2.45) is 5.10 Å². The van der Waals surface area contributed by atoms with Crippen molar-refractivity contribution in [3.8, 4) is 11.5 Å². The van der Waals surface area contributed by atoms with E-state index in [-0.39, 0.29) is 11.5 Å². The van der Waals surface area contributed by atoms with Gasteiger partial charge in [0.1, 0.15) is 0 Å². The highest BCUT2D eigenvalue weighted by molar-refractivity contribution is 9.10. The highest BCUT2D eigenvalue weighted by atomic mass is 79.9. The van der Waals surface area contributed by atoms with Crippen molar-refractivity contribution in [1.29, 1.82) is 0 Å². The number of hydrazone groups is 1. The zero-order valence-corrected chi connectivity index (χ0v) is 15.1. The molecule has 9 heteroatoms. The van der Waals surface area contributed by atoms with Gasteiger partial charge in [0.2, 0.25) is 0 Å². The topological polar surface area (TPSA) is 70.9 Å². The first kappa shape index (κ1) is 19.8. The van der Waals surface area contributed by atoms with Crippen LogP contribution in [0, 0.1) is 0 Å². The van der Waals surface area contributed by atoms with Gasteiger partial charge >= 0.3 is 6.18 Å². The van der Waals surface area contributed by atoms with Crippen LogP contribution >= 0.6 is 15.9 Å². The van der Waals surface area contributed by atoms with E-state index in [1.807, 2.05) is 0 Å². The first-order valence-corrected chi connectivity index (χ1v) is 8.18. The largest absolute Gasteiger partial charge is 0.503 e. The van der Waals surface area contributed by atoms with E-state index in [9.17, 15) is 23.1 Å². The van der Waals surface area contributed by atoms with Crippen LogP contribution in [0.1, 0.15) is 28.4 Å². The Morgan fingerprint density at radius 2 is 2.04 bits per heavy atom. The van der Waals surface area contributed by atoms with Crippen LogP contribution in [0.15, 0.2) is 46.0 Å². The summed E-state index contributed by atoms with van der Waals surface area (Å²) in [6.45, 7) is 2.07. The Bertz CT molecular complexity index is 838. The third kappa shape index (κ3) is 4.75. The Labute approximate surface area is 155 Å². The van der Waals surface area contributed by atoms with Crippen molar-refractivity contribution in [3.63, 3.8) is 0 Å². The van der Waals surface area contributed by atoms with Gasteiger partial charge in [-0.25, -0.2) is 5.43 Å². The fraction of sp³-hybridized carbons (Fsp3) is 0.176. The molecule has 0 saturated heterocycles. The maximum absolute atomic E-state index is 12.9. The molecule has 0 saturated carbocycles. The summed E-state index contributed by atoms with van der Waals surface area (Å²) >= 11 is 3.15. The number of phenolic OH excluding ortho intramolecular Hbond substituents is 1. The van der Waals surface area contributed by atoms with Gasteiger partial charge in [-0.15, -0.1) is 0 Å². The summed E-state index contributed by atoms with van der Waals surface area (Å²) in [4.78, 5) is 12.0. The molecule has 0 spiro atoms. The molecular formula is C17H14BrF3N2O3. The van der Waals surface area contributed by atoms with Crippen LogP contribution in [-0.4, -0.2) is 23.8 Å². The highest BCUT2D eigenvalue weighted by Gasteiger charge is 2.34. The van der Waals surface area contributed by atoms with Gasteiger partial charge in [0.25, 0.3) is 5.91 Å². The molecule has 26 heavy (non-hydrogen) atoms. The summed E-state index contributed by atoms with van der Waals surface area (Å²) < 4.78 is 44.4. The van der Waals surface area contributed by atoms with E-state index < -0.39 is 23.2 Å². The van der Waals surface area contributed by atoms with E-state index in [1.165, 1.54) is 30.5 Å². The average Bonchev–Trinajstić information content (AvgIpc) is 2.58. The quantitative estimate of drug-likeness (QED) is 0.547.